The second-order valence-corrected chi connectivity index (χ2v) is 5.41. The zero-order valence-corrected chi connectivity index (χ0v) is 11.6. The number of rotatable bonds is 3. The monoisotopic (exact) mass is 260 g/mol. The molecular weight excluding hydrogens is 236 g/mol. The first kappa shape index (κ1) is 14.8. The van der Waals surface area contributed by atoms with Crippen LogP contribution in [0.25, 0.3) is 0 Å². The van der Waals surface area contributed by atoms with Crippen molar-refractivity contribution in [3.63, 3.8) is 0 Å². The van der Waals surface area contributed by atoms with Crippen LogP contribution in [-0.2, 0) is 4.79 Å². The van der Waals surface area contributed by atoms with E-state index in [1.807, 2.05) is 11.9 Å². The first-order chi connectivity index (χ1) is 7.77. The van der Waals surface area contributed by atoms with Gasteiger partial charge in [0.1, 0.15) is 0 Å². The molecule has 17 heavy (non-hydrogen) atoms. The molecule has 1 amide bonds. The van der Waals surface area contributed by atoms with Crippen LogP contribution in [0, 0.1) is 11.8 Å². The average molecular weight is 261 g/mol. The molecule has 2 aliphatic rings. The summed E-state index contributed by atoms with van der Waals surface area (Å²) in [7, 11) is 1.98. The Kier molecular flexibility index (Phi) is 6.28. The highest BCUT2D eigenvalue weighted by atomic mass is 35.5. The summed E-state index contributed by atoms with van der Waals surface area (Å²) in [5, 5.41) is 3.32. The van der Waals surface area contributed by atoms with Gasteiger partial charge in [0.2, 0.25) is 5.91 Å². The molecule has 1 saturated heterocycles. The van der Waals surface area contributed by atoms with Crippen molar-refractivity contribution in [3.05, 3.63) is 0 Å². The Bertz CT molecular complexity index is 236. The van der Waals surface area contributed by atoms with Crippen LogP contribution in [0.1, 0.15) is 38.5 Å². The van der Waals surface area contributed by atoms with Crippen LogP contribution < -0.4 is 5.32 Å². The number of hydrogen-bond donors (Lipinski definition) is 1. The summed E-state index contributed by atoms with van der Waals surface area (Å²) in [6.07, 6.45) is 7.57. The molecule has 1 aliphatic carbocycles. The molecule has 1 saturated carbocycles. The van der Waals surface area contributed by atoms with Gasteiger partial charge in [-0.15, -0.1) is 12.4 Å². The van der Waals surface area contributed by atoms with Gasteiger partial charge in [-0.3, -0.25) is 4.79 Å². The molecule has 1 heterocycles. The van der Waals surface area contributed by atoms with E-state index in [1.54, 1.807) is 0 Å². The fourth-order valence-electron chi connectivity index (χ4n) is 3.04. The highest BCUT2D eigenvalue weighted by molar-refractivity contribution is 5.85. The van der Waals surface area contributed by atoms with Crippen molar-refractivity contribution in [1.29, 1.82) is 0 Å². The third-order valence-electron chi connectivity index (χ3n) is 4.03. The smallest absolute Gasteiger partial charge is 0.226 e. The molecule has 0 aromatic carbocycles. The number of amides is 1. The summed E-state index contributed by atoms with van der Waals surface area (Å²) < 4.78 is 0. The van der Waals surface area contributed by atoms with Gasteiger partial charge >= 0.3 is 0 Å². The number of halogens is 1. The fraction of sp³-hybridized carbons (Fsp3) is 0.923. The van der Waals surface area contributed by atoms with E-state index in [-0.39, 0.29) is 18.3 Å². The first-order valence-corrected chi connectivity index (χ1v) is 6.73. The third kappa shape index (κ3) is 4.14. The maximum atomic E-state index is 12.2. The van der Waals surface area contributed by atoms with Crippen molar-refractivity contribution >= 4 is 18.3 Å². The van der Waals surface area contributed by atoms with E-state index < -0.39 is 0 Å². The van der Waals surface area contributed by atoms with Gasteiger partial charge in [0.15, 0.2) is 0 Å². The average Bonchev–Trinajstić information content (AvgIpc) is 2.82. The van der Waals surface area contributed by atoms with Gasteiger partial charge in [0.25, 0.3) is 0 Å². The molecule has 0 bridgehead atoms. The quantitative estimate of drug-likeness (QED) is 0.843. The SMILES string of the molecule is CN(CC1CCCC1)C(=O)C1CCCNC1.Cl. The molecule has 0 aromatic heterocycles. The van der Waals surface area contributed by atoms with Gasteiger partial charge in [-0.2, -0.15) is 0 Å². The Labute approximate surface area is 111 Å². The topological polar surface area (TPSA) is 32.3 Å². The minimum atomic E-state index is 0. The van der Waals surface area contributed by atoms with E-state index in [9.17, 15) is 4.79 Å². The maximum absolute atomic E-state index is 12.2. The van der Waals surface area contributed by atoms with Crippen molar-refractivity contribution in [2.75, 3.05) is 26.7 Å². The van der Waals surface area contributed by atoms with Gasteiger partial charge in [0, 0.05) is 20.1 Å². The van der Waals surface area contributed by atoms with Crippen molar-refractivity contribution in [2.45, 2.75) is 38.5 Å². The lowest BCUT2D eigenvalue weighted by atomic mass is 9.97. The number of nitrogens with one attached hydrogen (secondary N) is 1. The highest BCUT2D eigenvalue weighted by Crippen LogP contribution is 2.25. The van der Waals surface area contributed by atoms with Crippen LogP contribution in [0.4, 0.5) is 0 Å². The van der Waals surface area contributed by atoms with Crippen LogP contribution in [-0.4, -0.2) is 37.5 Å². The van der Waals surface area contributed by atoms with E-state index >= 15 is 0 Å². The van der Waals surface area contributed by atoms with Crippen molar-refractivity contribution in [1.82, 2.24) is 10.2 Å². The lowest BCUT2D eigenvalue weighted by Crippen LogP contribution is -2.42. The molecule has 0 radical (unpaired) electrons. The number of carbonyl (C=O) groups is 1. The first-order valence-electron chi connectivity index (χ1n) is 6.73. The lowest BCUT2D eigenvalue weighted by Gasteiger charge is -2.28. The van der Waals surface area contributed by atoms with Crippen LogP contribution in [0.15, 0.2) is 0 Å². The Hall–Kier alpha value is -0.280. The van der Waals surface area contributed by atoms with E-state index in [0.29, 0.717) is 5.91 Å². The largest absolute Gasteiger partial charge is 0.345 e. The van der Waals surface area contributed by atoms with E-state index in [2.05, 4.69) is 5.32 Å². The molecule has 2 rings (SSSR count). The molecule has 0 aromatic rings. The van der Waals surface area contributed by atoms with Gasteiger partial charge in [-0.1, -0.05) is 12.8 Å². The summed E-state index contributed by atoms with van der Waals surface area (Å²) in [5.74, 6) is 1.37. The minimum absolute atomic E-state index is 0. The summed E-state index contributed by atoms with van der Waals surface area (Å²) in [6.45, 7) is 2.94. The van der Waals surface area contributed by atoms with Crippen molar-refractivity contribution < 1.29 is 4.79 Å². The zero-order valence-electron chi connectivity index (χ0n) is 10.8. The summed E-state index contributed by atoms with van der Waals surface area (Å²) in [4.78, 5) is 14.2. The zero-order chi connectivity index (χ0) is 11.4. The lowest BCUT2D eigenvalue weighted by molar-refractivity contribution is -0.135. The Balaban J connectivity index is 0.00000144. The molecule has 2 fully saturated rings. The predicted octanol–water partition coefficient (Wildman–Crippen LogP) is 2.06. The van der Waals surface area contributed by atoms with Gasteiger partial charge in [0.05, 0.1) is 5.92 Å². The number of carbonyl (C=O) groups excluding carboxylic acids is 1. The number of hydrogen-bond acceptors (Lipinski definition) is 2. The molecule has 1 atom stereocenters. The number of nitrogens with zero attached hydrogens (tertiary/aromatic N) is 1. The second-order valence-electron chi connectivity index (χ2n) is 5.41. The molecule has 1 unspecified atom stereocenters. The molecule has 0 spiro atoms. The third-order valence-corrected chi connectivity index (χ3v) is 4.03. The van der Waals surface area contributed by atoms with E-state index in [4.69, 9.17) is 0 Å². The predicted molar refractivity (Wildman–Crippen MR) is 72.4 cm³/mol. The minimum Gasteiger partial charge on any atom is -0.345 e. The van der Waals surface area contributed by atoms with Gasteiger partial charge in [-0.25, -0.2) is 0 Å². The second kappa shape index (κ2) is 7.22. The van der Waals surface area contributed by atoms with E-state index in [1.165, 1.54) is 25.7 Å². The van der Waals surface area contributed by atoms with Crippen molar-refractivity contribution in [2.24, 2.45) is 11.8 Å². The molecular formula is C13H25ClN2O. The molecule has 4 heteroatoms. The Morgan fingerprint density at radius 3 is 2.53 bits per heavy atom. The fourth-order valence-corrected chi connectivity index (χ4v) is 3.04. The number of piperidine rings is 1. The van der Waals surface area contributed by atoms with Crippen LogP contribution in [0.3, 0.4) is 0 Å². The van der Waals surface area contributed by atoms with Gasteiger partial charge in [-0.05, 0) is 38.1 Å². The summed E-state index contributed by atoms with van der Waals surface area (Å²) in [5.41, 5.74) is 0. The van der Waals surface area contributed by atoms with Gasteiger partial charge < -0.3 is 10.2 Å². The Morgan fingerprint density at radius 2 is 1.94 bits per heavy atom. The van der Waals surface area contributed by atoms with Crippen LogP contribution >= 0.6 is 12.4 Å². The van der Waals surface area contributed by atoms with Crippen LogP contribution in [0.2, 0.25) is 0 Å². The standard InChI is InChI=1S/C13H24N2O.ClH/c1-15(10-11-5-2-3-6-11)13(16)12-7-4-8-14-9-12;/h11-12,14H,2-10H2,1H3;1H. The molecule has 1 N–H and O–H groups in total. The highest BCUT2D eigenvalue weighted by Gasteiger charge is 2.26. The molecule has 1 aliphatic heterocycles. The molecule has 100 valence electrons. The summed E-state index contributed by atoms with van der Waals surface area (Å²) >= 11 is 0. The van der Waals surface area contributed by atoms with E-state index in [0.717, 1.165) is 38.4 Å². The van der Waals surface area contributed by atoms with Crippen LogP contribution in [0.5, 0.6) is 0 Å². The maximum Gasteiger partial charge on any atom is 0.226 e. The molecule has 3 nitrogen and oxygen atoms in total. The Morgan fingerprint density at radius 1 is 1.24 bits per heavy atom. The normalized spacial score (nSPS) is 25.4. The summed E-state index contributed by atoms with van der Waals surface area (Å²) in [6, 6.07) is 0. The van der Waals surface area contributed by atoms with Crippen molar-refractivity contribution in [3.8, 4) is 0 Å².